The summed E-state index contributed by atoms with van der Waals surface area (Å²) in [7, 11) is 0. The number of nitrogens with one attached hydrogen (secondary N) is 2. The monoisotopic (exact) mass is 291 g/mol. The van der Waals surface area contributed by atoms with Crippen LogP contribution in [0.5, 0.6) is 0 Å². The molecule has 0 aromatic carbocycles. The summed E-state index contributed by atoms with van der Waals surface area (Å²) >= 11 is 0. The summed E-state index contributed by atoms with van der Waals surface area (Å²) in [6.45, 7) is 0. The van der Waals surface area contributed by atoms with Crippen LogP contribution in [0.3, 0.4) is 0 Å². The smallest absolute Gasteiger partial charge is 0.433 e. The van der Waals surface area contributed by atoms with Gasteiger partial charge in [0.1, 0.15) is 10.7 Å². The van der Waals surface area contributed by atoms with Crippen molar-refractivity contribution in [2.75, 3.05) is 0 Å². The third kappa shape index (κ3) is 3.80. The first-order chi connectivity index (χ1) is 10.1. The summed E-state index contributed by atoms with van der Waals surface area (Å²) < 4.78 is 9.63. The molecule has 0 saturated carbocycles. The number of hydrogen-bond donors (Lipinski definition) is 2. The Balaban J connectivity index is 1.85. The number of hydrazine groups is 1. The molecule has 2 heterocycles. The van der Waals surface area contributed by atoms with Gasteiger partial charge >= 0.3 is 11.8 Å². The van der Waals surface area contributed by atoms with E-state index in [4.69, 9.17) is 8.83 Å². The van der Waals surface area contributed by atoms with Crippen LogP contribution >= 0.6 is 0 Å². The molecule has 0 fully saturated rings. The second-order valence-corrected chi connectivity index (χ2v) is 3.69. The van der Waals surface area contributed by atoms with E-state index in [-0.39, 0.29) is 11.5 Å². The maximum Gasteiger partial charge on any atom is 0.433 e. The van der Waals surface area contributed by atoms with Crippen molar-refractivity contribution in [2.24, 2.45) is 0 Å². The molecule has 0 atom stereocenters. The fourth-order valence-corrected chi connectivity index (χ4v) is 1.32. The molecule has 0 spiro atoms. The van der Waals surface area contributed by atoms with Gasteiger partial charge < -0.3 is 8.83 Å². The Labute approximate surface area is 117 Å². The molecule has 0 saturated heterocycles. The minimum atomic E-state index is -0.693. The van der Waals surface area contributed by atoms with Gasteiger partial charge in [0.05, 0.1) is 12.3 Å². The van der Waals surface area contributed by atoms with Gasteiger partial charge in [0.2, 0.25) is 0 Å². The van der Waals surface area contributed by atoms with Crippen molar-refractivity contribution in [2.45, 2.75) is 0 Å². The minimum absolute atomic E-state index is 0.0425. The molecule has 0 aliphatic rings. The lowest BCUT2D eigenvalue weighted by molar-refractivity contribution is -0.402. The average Bonchev–Trinajstić information content (AvgIpc) is 3.13. The zero-order chi connectivity index (χ0) is 15.2. The first-order valence-corrected chi connectivity index (χ1v) is 5.62. The van der Waals surface area contributed by atoms with Gasteiger partial charge in [-0.1, -0.05) is 0 Å². The molecule has 2 amide bonds. The van der Waals surface area contributed by atoms with Crippen molar-refractivity contribution in [3.05, 3.63) is 58.2 Å². The highest BCUT2D eigenvalue weighted by Crippen LogP contribution is 2.16. The summed E-state index contributed by atoms with van der Waals surface area (Å²) in [5, 5.41) is 10.4. The third-order valence-corrected chi connectivity index (χ3v) is 2.24. The highest BCUT2D eigenvalue weighted by atomic mass is 16.6. The lowest BCUT2D eigenvalue weighted by atomic mass is 10.4. The second kappa shape index (κ2) is 6.19. The molecular formula is C12H9N3O6. The average molecular weight is 291 g/mol. The van der Waals surface area contributed by atoms with E-state index >= 15 is 0 Å². The van der Waals surface area contributed by atoms with Gasteiger partial charge in [0.25, 0.3) is 5.91 Å². The zero-order valence-electron chi connectivity index (χ0n) is 10.4. The largest absolute Gasteiger partial charge is 0.459 e. The molecule has 0 aliphatic carbocycles. The Bertz CT molecular complexity index is 686. The molecule has 9 nitrogen and oxygen atoms in total. The Kier molecular flexibility index (Phi) is 4.14. The zero-order valence-corrected chi connectivity index (χ0v) is 10.4. The van der Waals surface area contributed by atoms with Crippen LogP contribution in [0, 0.1) is 10.1 Å². The van der Waals surface area contributed by atoms with E-state index in [1.165, 1.54) is 30.5 Å². The molecule has 9 heteroatoms. The van der Waals surface area contributed by atoms with E-state index < -0.39 is 22.6 Å². The van der Waals surface area contributed by atoms with Crippen LogP contribution in [0.15, 0.2) is 45.4 Å². The van der Waals surface area contributed by atoms with Crippen molar-refractivity contribution in [1.82, 2.24) is 10.9 Å². The minimum Gasteiger partial charge on any atom is -0.459 e. The van der Waals surface area contributed by atoms with Crippen molar-refractivity contribution in [1.29, 1.82) is 0 Å². The number of carbonyl (C=O) groups is 2. The van der Waals surface area contributed by atoms with Gasteiger partial charge in [-0.05, 0) is 24.3 Å². The van der Waals surface area contributed by atoms with Gasteiger partial charge in [-0.25, -0.2) is 0 Å². The summed E-state index contributed by atoms with van der Waals surface area (Å²) in [6, 6.07) is 5.46. The Morgan fingerprint density at radius 1 is 1.24 bits per heavy atom. The fraction of sp³-hybridized carbons (Fsp3) is 0. The maximum atomic E-state index is 11.4. The summed E-state index contributed by atoms with van der Waals surface area (Å²) in [4.78, 5) is 32.5. The molecule has 2 aromatic rings. The molecule has 0 aliphatic heterocycles. The van der Waals surface area contributed by atoms with Crippen LogP contribution in [0.4, 0.5) is 5.88 Å². The standard InChI is InChI=1S/C12H9N3O6/c16-10(13-14-12(17)9-2-1-7-20-9)5-3-8-4-6-11(21-8)15(18)19/h1-7H,(H,13,16)(H,14,17)/b5-3+. The molecule has 0 unspecified atom stereocenters. The Hall–Kier alpha value is -3.36. The van der Waals surface area contributed by atoms with E-state index in [0.29, 0.717) is 0 Å². The highest BCUT2D eigenvalue weighted by Gasteiger charge is 2.11. The molecule has 2 aromatic heterocycles. The molecular weight excluding hydrogens is 282 g/mol. The van der Waals surface area contributed by atoms with Gasteiger partial charge in [0, 0.05) is 6.08 Å². The fourth-order valence-electron chi connectivity index (χ4n) is 1.32. The van der Waals surface area contributed by atoms with Crippen molar-refractivity contribution >= 4 is 23.8 Å². The predicted octanol–water partition coefficient (Wildman–Crippen LogP) is 1.26. The molecule has 2 rings (SSSR count). The number of nitrogens with zero attached hydrogens (tertiary/aromatic N) is 1. The van der Waals surface area contributed by atoms with Crippen LogP contribution in [-0.4, -0.2) is 16.7 Å². The lowest BCUT2D eigenvalue weighted by Crippen LogP contribution is -2.40. The molecule has 21 heavy (non-hydrogen) atoms. The molecule has 0 bridgehead atoms. The van der Waals surface area contributed by atoms with E-state index in [9.17, 15) is 19.7 Å². The second-order valence-electron chi connectivity index (χ2n) is 3.69. The highest BCUT2D eigenvalue weighted by molar-refractivity contribution is 5.96. The van der Waals surface area contributed by atoms with Gasteiger partial charge in [-0.2, -0.15) is 0 Å². The van der Waals surface area contributed by atoms with Crippen LogP contribution in [0.2, 0.25) is 0 Å². The van der Waals surface area contributed by atoms with E-state index in [1.54, 1.807) is 0 Å². The topological polar surface area (TPSA) is 128 Å². The van der Waals surface area contributed by atoms with E-state index in [0.717, 1.165) is 12.1 Å². The Morgan fingerprint density at radius 3 is 2.67 bits per heavy atom. The quantitative estimate of drug-likeness (QED) is 0.495. The van der Waals surface area contributed by atoms with Crippen LogP contribution in [-0.2, 0) is 4.79 Å². The van der Waals surface area contributed by atoms with E-state index in [2.05, 4.69) is 10.9 Å². The maximum absolute atomic E-state index is 11.4. The van der Waals surface area contributed by atoms with Crippen molar-refractivity contribution in [3.63, 3.8) is 0 Å². The first-order valence-electron chi connectivity index (χ1n) is 5.62. The SMILES string of the molecule is O=C(/C=C/c1ccc([N+](=O)[O-])o1)NNC(=O)c1ccco1. The number of hydrogen-bond acceptors (Lipinski definition) is 6. The van der Waals surface area contributed by atoms with Crippen LogP contribution in [0.1, 0.15) is 16.3 Å². The normalized spacial score (nSPS) is 10.5. The van der Waals surface area contributed by atoms with Gasteiger partial charge in [-0.3, -0.25) is 30.6 Å². The Morgan fingerprint density at radius 2 is 2.05 bits per heavy atom. The lowest BCUT2D eigenvalue weighted by Gasteiger charge is -2.02. The molecule has 0 radical (unpaired) electrons. The first kappa shape index (κ1) is 14.1. The number of furan rings is 2. The van der Waals surface area contributed by atoms with E-state index in [1.807, 2.05) is 0 Å². The van der Waals surface area contributed by atoms with Gasteiger partial charge in [-0.15, -0.1) is 0 Å². The molecule has 108 valence electrons. The summed E-state index contributed by atoms with van der Waals surface area (Å²) in [5.74, 6) is -1.51. The molecule has 2 N–H and O–H groups in total. The summed E-state index contributed by atoms with van der Waals surface area (Å²) in [5.41, 5.74) is 4.23. The van der Waals surface area contributed by atoms with Crippen molar-refractivity contribution in [3.8, 4) is 0 Å². The predicted molar refractivity (Wildman–Crippen MR) is 68.7 cm³/mol. The number of nitro groups is 1. The number of carbonyl (C=O) groups excluding carboxylic acids is 2. The number of amides is 2. The van der Waals surface area contributed by atoms with Crippen LogP contribution < -0.4 is 10.9 Å². The van der Waals surface area contributed by atoms with Gasteiger partial charge in [0.15, 0.2) is 5.76 Å². The third-order valence-electron chi connectivity index (χ3n) is 2.24. The number of rotatable bonds is 4. The van der Waals surface area contributed by atoms with Crippen LogP contribution in [0.25, 0.3) is 6.08 Å². The van der Waals surface area contributed by atoms with Crippen molar-refractivity contribution < 1.29 is 23.3 Å². The summed E-state index contributed by atoms with van der Waals surface area (Å²) in [6.07, 6.45) is 3.59.